The van der Waals surface area contributed by atoms with Gasteiger partial charge in [0.25, 0.3) is 0 Å². The molecule has 0 bridgehead atoms. The molecule has 2 aromatic rings. The smallest absolute Gasteiger partial charge is 0.143 e. The van der Waals surface area contributed by atoms with Crippen molar-refractivity contribution in [1.29, 1.82) is 0 Å². The molecule has 5 heteroatoms. The molecule has 0 fully saturated rings. The summed E-state index contributed by atoms with van der Waals surface area (Å²) in [6.45, 7) is 8.69. The Morgan fingerprint density at radius 1 is 1.25 bits per heavy atom. The van der Waals surface area contributed by atoms with E-state index in [0.29, 0.717) is 12.5 Å². The molecular weight excluding hydrogens is 414 g/mol. The maximum atomic E-state index is 6.03. The summed E-state index contributed by atoms with van der Waals surface area (Å²) < 4.78 is 6.03. The highest BCUT2D eigenvalue weighted by Crippen LogP contribution is 2.37. The number of benzene rings is 2. The minimum atomic E-state index is 0.403. The summed E-state index contributed by atoms with van der Waals surface area (Å²) in [5, 5.41) is 6.61. The average Bonchev–Trinajstić information content (AvgIpc) is 2.83. The lowest BCUT2D eigenvalue weighted by Crippen LogP contribution is -2.32. The standard InChI is InChI=1S/C27H31N3OS/c1-19-5-9-24(15-23(19)18-28-3)30-13-14-31-27-16-22(8-12-26(27)30)20(2)29-17-21-6-10-25(32-4)11-7-21/h5-12,15-16,18-19,28-29H,2,13-14,17H2,1,3-4H3/b23-18-. The molecule has 2 aromatic carbocycles. The van der Waals surface area contributed by atoms with Gasteiger partial charge in [0.05, 0.1) is 12.2 Å². The summed E-state index contributed by atoms with van der Waals surface area (Å²) in [7, 11) is 1.94. The van der Waals surface area contributed by atoms with E-state index in [9.17, 15) is 0 Å². The van der Waals surface area contributed by atoms with E-state index >= 15 is 0 Å². The van der Waals surface area contributed by atoms with E-state index in [0.717, 1.165) is 35.8 Å². The maximum Gasteiger partial charge on any atom is 0.143 e. The zero-order valence-electron chi connectivity index (χ0n) is 19.0. The van der Waals surface area contributed by atoms with Crippen LogP contribution in [0.3, 0.4) is 0 Å². The Bertz CT molecular complexity index is 1070. The molecule has 4 rings (SSSR count). The van der Waals surface area contributed by atoms with Crippen molar-refractivity contribution in [2.24, 2.45) is 5.92 Å². The summed E-state index contributed by atoms with van der Waals surface area (Å²) in [5.41, 5.74) is 6.73. The van der Waals surface area contributed by atoms with Crippen molar-refractivity contribution in [3.63, 3.8) is 0 Å². The van der Waals surface area contributed by atoms with Gasteiger partial charge in [-0.05, 0) is 53.8 Å². The first-order chi connectivity index (χ1) is 15.6. The molecule has 166 valence electrons. The largest absolute Gasteiger partial charge is 0.490 e. The number of fused-ring (bicyclic) bond motifs is 1. The summed E-state index contributed by atoms with van der Waals surface area (Å²) in [5.74, 6) is 1.30. The van der Waals surface area contributed by atoms with E-state index in [1.807, 2.05) is 7.05 Å². The molecule has 0 radical (unpaired) electrons. The topological polar surface area (TPSA) is 36.5 Å². The van der Waals surface area contributed by atoms with Crippen LogP contribution >= 0.6 is 11.8 Å². The minimum Gasteiger partial charge on any atom is -0.490 e. The van der Waals surface area contributed by atoms with Gasteiger partial charge in [-0.1, -0.05) is 37.8 Å². The van der Waals surface area contributed by atoms with Gasteiger partial charge in [-0.15, -0.1) is 11.8 Å². The van der Waals surface area contributed by atoms with E-state index < -0.39 is 0 Å². The normalized spacial score (nSPS) is 18.6. The van der Waals surface area contributed by atoms with Gasteiger partial charge < -0.3 is 20.3 Å². The molecule has 32 heavy (non-hydrogen) atoms. The van der Waals surface area contributed by atoms with E-state index in [1.165, 1.54) is 21.7 Å². The maximum absolute atomic E-state index is 6.03. The van der Waals surface area contributed by atoms with Gasteiger partial charge in [0.15, 0.2) is 0 Å². The predicted molar refractivity (Wildman–Crippen MR) is 137 cm³/mol. The van der Waals surface area contributed by atoms with Crippen molar-refractivity contribution in [3.05, 3.63) is 95.9 Å². The van der Waals surface area contributed by atoms with Crippen LogP contribution in [0.15, 0.2) is 89.6 Å². The molecule has 1 aliphatic heterocycles. The molecule has 0 saturated carbocycles. The summed E-state index contributed by atoms with van der Waals surface area (Å²) >= 11 is 1.75. The van der Waals surface area contributed by atoms with Gasteiger partial charge >= 0.3 is 0 Å². The molecule has 0 spiro atoms. The van der Waals surface area contributed by atoms with Crippen LogP contribution in [0, 0.1) is 5.92 Å². The Balaban J connectivity index is 1.49. The van der Waals surface area contributed by atoms with Crippen molar-refractivity contribution in [3.8, 4) is 5.75 Å². The Morgan fingerprint density at radius 3 is 2.81 bits per heavy atom. The number of rotatable bonds is 7. The van der Waals surface area contributed by atoms with Gasteiger partial charge in [0.2, 0.25) is 0 Å². The van der Waals surface area contributed by atoms with Crippen molar-refractivity contribution >= 4 is 23.1 Å². The number of hydrogen-bond donors (Lipinski definition) is 2. The lowest BCUT2D eigenvalue weighted by atomic mass is 9.95. The Morgan fingerprint density at radius 2 is 2.06 bits per heavy atom. The SMILES string of the molecule is C=C(NCc1ccc(SC)cc1)c1ccc2c(c1)OCCN2C1=C/C(=C/NC)C(C)C=C1. The molecule has 0 amide bonds. The number of nitrogens with one attached hydrogen (secondary N) is 2. The van der Waals surface area contributed by atoms with Gasteiger partial charge in [0.1, 0.15) is 12.4 Å². The monoisotopic (exact) mass is 445 g/mol. The van der Waals surface area contributed by atoms with Crippen LogP contribution in [0.2, 0.25) is 0 Å². The molecule has 1 unspecified atom stereocenters. The zero-order chi connectivity index (χ0) is 22.5. The van der Waals surface area contributed by atoms with E-state index in [-0.39, 0.29) is 0 Å². The minimum absolute atomic E-state index is 0.403. The van der Waals surface area contributed by atoms with Crippen LogP contribution in [0.1, 0.15) is 18.1 Å². The first kappa shape index (κ1) is 22.2. The highest BCUT2D eigenvalue weighted by atomic mass is 32.2. The summed E-state index contributed by atoms with van der Waals surface area (Å²) in [4.78, 5) is 3.60. The number of thioether (sulfide) groups is 1. The highest BCUT2D eigenvalue weighted by molar-refractivity contribution is 7.98. The van der Waals surface area contributed by atoms with Crippen molar-refractivity contribution < 1.29 is 4.74 Å². The van der Waals surface area contributed by atoms with Gasteiger partial charge in [-0.25, -0.2) is 0 Å². The molecule has 0 aromatic heterocycles. The molecule has 2 N–H and O–H groups in total. The highest BCUT2D eigenvalue weighted by Gasteiger charge is 2.23. The number of anilines is 1. The first-order valence-corrected chi connectivity index (χ1v) is 12.2. The van der Waals surface area contributed by atoms with Crippen molar-refractivity contribution in [1.82, 2.24) is 10.6 Å². The van der Waals surface area contributed by atoms with Gasteiger partial charge in [-0.3, -0.25) is 0 Å². The van der Waals surface area contributed by atoms with Crippen LogP contribution in [0.25, 0.3) is 5.70 Å². The molecule has 1 atom stereocenters. The fraction of sp³-hybridized carbons (Fsp3) is 0.259. The van der Waals surface area contributed by atoms with E-state index in [4.69, 9.17) is 4.74 Å². The zero-order valence-corrected chi connectivity index (χ0v) is 19.8. The predicted octanol–water partition coefficient (Wildman–Crippen LogP) is 5.56. The third-order valence-electron chi connectivity index (χ3n) is 5.86. The quantitative estimate of drug-likeness (QED) is 0.546. The fourth-order valence-corrected chi connectivity index (χ4v) is 4.35. The molecule has 1 aliphatic carbocycles. The molecule has 2 aliphatic rings. The number of nitrogens with zero attached hydrogens (tertiary/aromatic N) is 1. The molecule has 1 heterocycles. The third-order valence-corrected chi connectivity index (χ3v) is 6.60. The Kier molecular flexibility index (Phi) is 6.96. The Labute approximate surface area is 195 Å². The summed E-state index contributed by atoms with van der Waals surface area (Å²) in [6.07, 6.45) is 10.9. The first-order valence-electron chi connectivity index (χ1n) is 11.0. The van der Waals surface area contributed by atoms with Crippen LogP contribution in [-0.4, -0.2) is 26.5 Å². The summed E-state index contributed by atoms with van der Waals surface area (Å²) in [6, 6.07) is 15.0. The third kappa shape index (κ3) is 4.89. The molecule has 4 nitrogen and oxygen atoms in total. The number of ether oxygens (including phenoxy) is 1. The molecule has 0 saturated heterocycles. The second-order valence-corrected chi connectivity index (χ2v) is 8.89. The van der Waals surface area contributed by atoms with E-state index in [2.05, 4.69) is 102 Å². The second kappa shape index (κ2) is 10.0. The number of hydrogen-bond acceptors (Lipinski definition) is 5. The van der Waals surface area contributed by atoms with Crippen LogP contribution in [0.5, 0.6) is 5.75 Å². The lowest BCUT2D eigenvalue weighted by Gasteiger charge is -2.34. The van der Waals surface area contributed by atoms with Crippen molar-refractivity contribution in [2.45, 2.75) is 18.4 Å². The van der Waals surface area contributed by atoms with Crippen LogP contribution in [-0.2, 0) is 6.54 Å². The Hall–Kier alpha value is -3.05. The van der Waals surface area contributed by atoms with Crippen molar-refractivity contribution in [2.75, 3.05) is 31.4 Å². The van der Waals surface area contributed by atoms with Crippen LogP contribution < -0.4 is 20.3 Å². The average molecular weight is 446 g/mol. The second-order valence-electron chi connectivity index (χ2n) is 8.01. The molecular formula is C27H31N3OS. The van der Waals surface area contributed by atoms with Gasteiger partial charge in [0, 0.05) is 47.6 Å². The van der Waals surface area contributed by atoms with Crippen LogP contribution in [0.4, 0.5) is 5.69 Å². The fourth-order valence-electron chi connectivity index (χ4n) is 3.94. The van der Waals surface area contributed by atoms with Gasteiger partial charge in [-0.2, -0.15) is 0 Å². The number of allylic oxidation sites excluding steroid dienone is 4. The van der Waals surface area contributed by atoms with E-state index in [1.54, 1.807) is 11.8 Å². The lowest BCUT2D eigenvalue weighted by molar-refractivity contribution is 0.312.